The Morgan fingerprint density at radius 2 is 1.88 bits per heavy atom. The molecule has 2 aromatic carbocycles. The summed E-state index contributed by atoms with van der Waals surface area (Å²) in [7, 11) is 3.46. The summed E-state index contributed by atoms with van der Waals surface area (Å²) in [5.74, 6) is 1.16. The fraction of sp³-hybridized carbons (Fsp3) is 0.350. The van der Waals surface area contributed by atoms with Crippen LogP contribution in [-0.2, 0) is 16.7 Å². The van der Waals surface area contributed by atoms with Crippen molar-refractivity contribution in [1.29, 1.82) is 0 Å². The molecule has 1 aromatic heterocycles. The van der Waals surface area contributed by atoms with Gasteiger partial charge in [-0.1, -0.05) is 0 Å². The van der Waals surface area contributed by atoms with Crippen molar-refractivity contribution in [2.75, 3.05) is 46.4 Å². The van der Waals surface area contributed by atoms with Crippen LogP contribution in [0.5, 0.6) is 11.5 Å². The van der Waals surface area contributed by atoms with Crippen molar-refractivity contribution in [1.82, 2.24) is 14.7 Å². The number of nitrogens with zero attached hydrogens (tertiary/aromatic N) is 4. The number of fused-ring (bicyclic) bond motifs is 2. The van der Waals surface area contributed by atoms with E-state index in [4.69, 9.17) is 19.1 Å². The van der Waals surface area contributed by atoms with Gasteiger partial charge in [-0.2, -0.15) is 13.5 Å². The number of hydrogen-bond acceptors (Lipinski definition) is 9. The standard InChI is InChI=1S/C19H21N5O4.CH4O3S/c1-22(2)7-8-23-13-5-6-14(24(25)26)19-16(13)18(21-23)12-9-11(27-3)10-15(28-4)17(12)20-19;1-5(2,3)4/h5-6,9-10,20H,7-8H2,1-4H3;1H3,(H,2,3,4). The minimum absolute atomic E-state index is 0.00410. The van der Waals surface area contributed by atoms with E-state index < -0.39 is 10.1 Å². The Kier molecular flexibility index (Phi) is 6.76. The second-order valence-electron chi connectivity index (χ2n) is 7.60. The molecule has 0 spiro atoms. The molecule has 0 aliphatic carbocycles. The molecular formula is C20H25N5O7S. The van der Waals surface area contributed by atoms with Crippen LogP contribution in [0.2, 0.25) is 0 Å². The minimum Gasteiger partial charge on any atom is -0.497 e. The van der Waals surface area contributed by atoms with E-state index in [9.17, 15) is 18.5 Å². The maximum Gasteiger partial charge on any atom is 0.293 e. The average molecular weight is 480 g/mol. The highest BCUT2D eigenvalue weighted by Gasteiger charge is 2.31. The summed E-state index contributed by atoms with van der Waals surface area (Å²) in [5, 5.41) is 20.4. The number of hydrogen-bond donors (Lipinski definition) is 2. The van der Waals surface area contributed by atoms with Gasteiger partial charge in [0.15, 0.2) is 0 Å². The van der Waals surface area contributed by atoms with Crippen LogP contribution in [0.3, 0.4) is 0 Å². The van der Waals surface area contributed by atoms with Gasteiger partial charge < -0.3 is 19.7 Å². The van der Waals surface area contributed by atoms with Crippen LogP contribution in [0.1, 0.15) is 0 Å². The van der Waals surface area contributed by atoms with E-state index in [-0.39, 0.29) is 10.6 Å². The molecule has 0 bridgehead atoms. The van der Waals surface area contributed by atoms with Crippen LogP contribution in [-0.4, -0.2) is 73.7 Å². The Balaban J connectivity index is 0.000000555. The molecule has 0 fully saturated rings. The number of nitrogens with one attached hydrogen (secondary N) is 1. The number of ether oxygens (including phenoxy) is 2. The summed E-state index contributed by atoms with van der Waals surface area (Å²) in [6.07, 6.45) is 0.715. The zero-order valence-corrected chi connectivity index (χ0v) is 19.6. The smallest absolute Gasteiger partial charge is 0.293 e. The van der Waals surface area contributed by atoms with E-state index >= 15 is 0 Å². The molecule has 0 atom stereocenters. The SMILES string of the molecule is COc1cc(OC)c2c(c1)-c1nn(CCN(C)C)c3ccc([N+](=O)[O-])c(c13)N2.CS(=O)(=O)O. The first-order valence-corrected chi connectivity index (χ1v) is 11.6. The van der Waals surface area contributed by atoms with Gasteiger partial charge in [0.1, 0.15) is 22.9 Å². The van der Waals surface area contributed by atoms with Crippen LogP contribution in [0.4, 0.5) is 17.1 Å². The summed E-state index contributed by atoms with van der Waals surface area (Å²) in [5.41, 5.74) is 3.40. The van der Waals surface area contributed by atoms with Gasteiger partial charge in [-0.3, -0.25) is 19.3 Å². The molecule has 0 saturated heterocycles. The Morgan fingerprint density at radius 3 is 2.42 bits per heavy atom. The lowest BCUT2D eigenvalue weighted by atomic mass is 9.98. The number of rotatable bonds is 6. The molecule has 2 N–H and O–H groups in total. The summed E-state index contributed by atoms with van der Waals surface area (Å²) < 4.78 is 38.7. The van der Waals surface area contributed by atoms with Crippen molar-refractivity contribution in [2.24, 2.45) is 0 Å². The Morgan fingerprint density at radius 1 is 1.21 bits per heavy atom. The fourth-order valence-corrected chi connectivity index (χ4v) is 3.50. The topological polar surface area (TPSA) is 149 Å². The van der Waals surface area contributed by atoms with Crippen LogP contribution < -0.4 is 14.8 Å². The number of anilines is 2. The summed E-state index contributed by atoms with van der Waals surface area (Å²) >= 11 is 0. The highest BCUT2D eigenvalue weighted by molar-refractivity contribution is 7.85. The van der Waals surface area contributed by atoms with Crippen LogP contribution >= 0.6 is 0 Å². The summed E-state index contributed by atoms with van der Waals surface area (Å²) in [6.45, 7) is 1.46. The predicted octanol–water partition coefficient (Wildman–Crippen LogP) is 2.75. The zero-order valence-electron chi connectivity index (χ0n) is 18.8. The maximum absolute atomic E-state index is 11.6. The normalized spacial score (nSPS) is 12.0. The number of benzene rings is 2. The van der Waals surface area contributed by atoms with Crippen LogP contribution in [0.15, 0.2) is 24.3 Å². The molecule has 2 heterocycles. The lowest BCUT2D eigenvalue weighted by molar-refractivity contribution is -0.383. The number of nitro benzene ring substituents is 1. The fourth-order valence-electron chi connectivity index (χ4n) is 3.50. The monoisotopic (exact) mass is 479 g/mol. The molecule has 0 amide bonds. The van der Waals surface area contributed by atoms with Crippen LogP contribution in [0.25, 0.3) is 22.2 Å². The van der Waals surface area contributed by atoms with Crippen molar-refractivity contribution in [3.8, 4) is 22.8 Å². The second kappa shape index (κ2) is 9.21. The molecule has 13 heteroatoms. The first kappa shape index (κ1) is 24.2. The Labute approximate surface area is 190 Å². The third-order valence-electron chi connectivity index (χ3n) is 4.89. The predicted molar refractivity (Wildman–Crippen MR) is 124 cm³/mol. The van der Waals surface area contributed by atoms with E-state index in [0.717, 1.165) is 23.0 Å². The largest absolute Gasteiger partial charge is 0.497 e. The van der Waals surface area contributed by atoms with E-state index in [2.05, 4.69) is 10.2 Å². The molecule has 0 radical (unpaired) electrons. The van der Waals surface area contributed by atoms with Gasteiger partial charge in [-0.25, -0.2) is 0 Å². The first-order chi connectivity index (χ1) is 15.4. The molecule has 1 aliphatic heterocycles. The maximum atomic E-state index is 11.6. The number of nitro groups is 1. The third kappa shape index (κ3) is 5.16. The number of aromatic nitrogens is 2. The van der Waals surface area contributed by atoms with Gasteiger partial charge in [-0.05, 0) is 26.2 Å². The summed E-state index contributed by atoms with van der Waals surface area (Å²) in [6, 6.07) is 6.88. The van der Waals surface area contributed by atoms with Gasteiger partial charge in [0.05, 0.1) is 48.5 Å². The first-order valence-electron chi connectivity index (χ1n) is 9.73. The van der Waals surface area contributed by atoms with E-state index in [0.29, 0.717) is 41.4 Å². The molecule has 3 aromatic rings. The van der Waals surface area contributed by atoms with Gasteiger partial charge in [-0.15, -0.1) is 0 Å². The van der Waals surface area contributed by atoms with Crippen LogP contribution in [0, 0.1) is 10.1 Å². The molecule has 0 saturated carbocycles. The van der Waals surface area contributed by atoms with E-state index in [1.165, 1.54) is 6.07 Å². The van der Waals surface area contributed by atoms with Crippen molar-refractivity contribution in [3.05, 3.63) is 34.4 Å². The zero-order chi connectivity index (χ0) is 24.5. The molecule has 12 nitrogen and oxygen atoms in total. The lowest BCUT2D eigenvalue weighted by Gasteiger charge is -2.21. The van der Waals surface area contributed by atoms with E-state index in [1.54, 1.807) is 26.4 Å². The molecule has 4 rings (SSSR count). The minimum atomic E-state index is -3.67. The number of methoxy groups -OCH3 is 2. The van der Waals surface area contributed by atoms with Crippen molar-refractivity contribution >= 4 is 38.1 Å². The highest BCUT2D eigenvalue weighted by Crippen LogP contribution is 2.51. The van der Waals surface area contributed by atoms with Crippen molar-refractivity contribution in [2.45, 2.75) is 6.54 Å². The number of likely N-dealkylation sites (N-methyl/N-ethyl adjacent to an activating group) is 1. The Hall–Kier alpha value is -3.42. The Bertz CT molecular complexity index is 1310. The van der Waals surface area contributed by atoms with Gasteiger partial charge in [0.25, 0.3) is 15.8 Å². The van der Waals surface area contributed by atoms with Gasteiger partial charge in [0.2, 0.25) is 0 Å². The van der Waals surface area contributed by atoms with Crippen molar-refractivity contribution < 1.29 is 27.4 Å². The third-order valence-corrected chi connectivity index (χ3v) is 4.89. The van der Waals surface area contributed by atoms with E-state index in [1.807, 2.05) is 24.8 Å². The molecule has 0 unspecified atom stereocenters. The van der Waals surface area contributed by atoms with Gasteiger partial charge >= 0.3 is 0 Å². The van der Waals surface area contributed by atoms with Gasteiger partial charge in [0, 0.05) is 24.2 Å². The molecule has 178 valence electrons. The average Bonchev–Trinajstić information content (AvgIpc) is 3.10. The molecule has 33 heavy (non-hydrogen) atoms. The molecular weight excluding hydrogens is 454 g/mol. The lowest BCUT2D eigenvalue weighted by Crippen LogP contribution is -2.18. The quantitative estimate of drug-likeness (QED) is 0.240. The molecule has 1 aliphatic rings. The summed E-state index contributed by atoms with van der Waals surface area (Å²) in [4.78, 5) is 13.3. The highest BCUT2D eigenvalue weighted by atomic mass is 32.2. The second-order valence-corrected chi connectivity index (χ2v) is 9.06. The van der Waals surface area contributed by atoms with Crippen molar-refractivity contribution in [3.63, 3.8) is 0 Å².